The van der Waals surface area contributed by atoms with Gasteiger partial charge in [0.2, 0.25) is 5.91 Å². The number of piperazine rings is 1. The van der Waals surface area contributed by atoms with Gasteiger partial charge in [-0.05, 0) is 27.9 Å². The van der Waals surface area contributed by atoms with E-state index in [2.05, 4.69) is 84.4 Å². The van der Waals surface area contributed by atoms with Gasteiger partial charge in [-0.1, -0.05) is 81.4 Å². The maximum atomic E-state index is 13.2. The standard InChI is InChI=1S/C33H44N4O5Si/c1-33(2,3)43(28-12-7-5-8-13-28,29-14-9-6-10-15-29)42-24-11-16-32(38)34-30-26-27(37(39)40)17-18-31(30)36-21-19-35(20-22-36)23-25-41-4/h5-10,12-15,17-18,26H,11,16,19-25H2,1-4H3,(H,34,38). The quantitative estimate of drug-likeness (QED) is 0.131. The SMILES string of the molecule is COCCN1CCN(c2ccc([N+](=O)[O-])cc2NC(=O)CCCO[Si](c2ccccc2)(c2ccccc2)C(C)(C)C)CC1. The average molecular weight is 605 g/mol. The molecule has 0 aliphatic carbocycles. The van der Waals surface area contributed by atoms with Gasteiger partial charge >= 0.3 is 0 Å². The second-order valence-corrected chi connectivity index (χ2v) is 16.2. The van der Waals surface area contributed by atoms with Crippen LogP contribution in [0.5, 0.6) is 0 Å². The lowest BCUT2D eigenvalue weighted by atomic mass is 10.2. The zero-order chi connectivity index (χ0) is 30.9. The molecule has 1 fully saturated rings. The number of benzene rings is 3. The van der Waals surface area contributed by atoms with Gasteiger partial charge in [-0.25, -0.2) is 0 Å². The van der Waals surface area contributed by atoms with Crippen molar-refractivity contribution in [1.82, 2.24) is 4.90 Å². The Morgan fingerprint density at radius 1 is 0.930 bits per heavy atom. The van der Waals surface area contributed by atoms with Crippen LogP contribution in [0.4, 0.5) is 17.1 Å². The van der Waals surface area contributed by atoms with E-state index in [9.17, 15) is 14.9 Å². The summed E-state index contributed by atoms with van der Waals surface area (Å²) in [6.45, 7) is 11.9. The number of methoxy groups -OCH3 is 1. The monoisotopic (exact) mass is 604 g/mol. The summed E-state index contributed by atoms with van der Waals surface area (Å²) >= 11 is 0. The molecule has 230 valence electrons. The van der Waals surface area contributed by atoms with Gasteiger partial charge < -0.3 is 19.4 Å². The van der Waals surface area contributed by atoms with Gasteiger partial charge in [0.1, 0.15) is 0 Å². The largest absolute Gasteiger partial charge is 0.407 e. The fourth-order valence-electron chi connectivity index (χ4n) is 5.88. The normalized spacial score (nSPS) is 14.5. The second-order valence-electron chi connectivity index (χ2n) is 11.9. The zero-order valence-electron chi connectivity index (χ0n) is 25.8. The number of non-ortho nitro benzene ring substituents is 1. The van der Waals surface area contributed by atoms with E-state index < -0.39 is 13.2 Å². The van der Waals surface area contributed by atoms with Crippen molar-refractivity contribution in [2.45, 2.75) is 38.7 Å². The Kier molecular flexibility index (Phi) is 11.1. The number of ether oxygens (including phenoxy) is 1. The number of nitro benzene ring substituents is 1. The van der Waals surface area contributed by atoms with Crippen molar-refractivity contribution in [3.63, 3.8) is 0 Å². The molecular weight excluding hydrogens is 560 g/mol. The molecule has 0 saturated carbocycles. The van der Waals surface area contributed by atoms with Crippen LogP contribution < -0.4 is 20.6 Å². The Morgan fingerprint density at radius 2 is 1.53 bits per heavy atom. The van der Waals surface area contributed by atoms with E-state index in [1.165, 1.54) is 22.5 Å². The van der Waals surface area contributed by atoms with Crippen LogP contribution in [-0.2, 0) is 14.0 Å². The van der Waals surface area contributed by atoms with Crippen LogP contribution in [0.25, 0.3) is 0 Å². The van der Waals surface area contributed by atoms with Crippen LogP contribution in [-0.4, -0.2) is 77.1 Å². The summed E-state index contributed by atoms with van der Waals surface area (Å²) in [5.74, 6) is -0.188. The van der Waals surface area contributed by atoms with Crippen LogP contribution >= 0.6 is 0 Å². The minimum absolute atomic E-state index is 0.0483. The summed E-state index contributed by atoms with van der Waals surface area (Å²) in [4.78, 5) is 28.8. The molecule has 1 heterocycles. The van der Waals surface area contributed by atoms with Gasteiger partial charge in [0.15, 0.2) is 0 Å². The highest BCUT2D eigenvalue weighted by atomic mass is 28.4. The Labute approximate surface area is 256 Å². The fourth-order valence-corrected chi connectivity index (χ4v) is 10.5. The van der Waals surface area contributed by atoms with Crippen LogP contribution in [0.3, 0.4) is 0 Å². The first kappa shape index (κ1) is 32.3. The molecule has 1 N–H and O–H groups in total. The summed E-state index contributed by atoms with van der Waals surface area (Å²) in [5.41, 5.74) is 1.22. The Balaban J connectivity index is 1.45. The van der Waals surface area contributed by atoms with Gasteiger partial charge in [-0.15, -0.1) is 0 Å². The van der Waals surface area contributed by atoms with Crippen LogP contribution in [0.2, 0.25) is 5.04 Å². The molecular formula is C33H44N4O5Si. The molecule has 1 saturated heterocycles. The average Bonchev–Trinajstić information content (AvgIpc) is 3.00. The third kappa shape index (κ3) is 7.88. The number of anilines is 2. The first-order valence-electron chi connectivity index (χ1n) is 15.0. The van der Waals surface area contributed by atoms with E-state index in [1.54, 1.807) is 13.2 Å². The third-order valence-electron chi connectivity index (χ3n) is 8.07. The maximum absolute atomic E-state index is 13.2. The number of carbonyl (C=O) groups excluding carboxylic acids is 1. The lowest BCUT2D eigenvalue weighted by molar-refractivity contribution is -0.384. The fraction of sp³-hybridized carbons (Fsp3) is 0.424. The number of nitrogens with one attached hydrogen (secondary N) is 1. The van der Waals surface area contributed by atoms with Crippen molar-refractivity contribution in [3.05, 3.63) is 89.0 Å². The first-order valence-corrected chi connectivity index (χ1v) is 16.9. The molecule has 0 aromatic heterocycles. The van der Waals surface area contributed by atoms with Crippen molar-refractivity contribution < 1.29 is 18.9 Å². The molecule has 3 aromatic rings. The van der Waals surface area contributed by atoms with Crippen molar-refractivity contribution >= 4 is 41.7 Å². The molecule has 9 nitrogen and oxygen atoms in total. The van der Waals surface area contributed by atoms with Crippen molar-refractivity contribution in [2.24, 2.45) is 0 Å². The molecule has 0 spiro atoms. The number of hydrogen-bond acceptors (Lipinski definition) is 7. The molecule has 1 amide bonds. The molecule has 10 heteroatoms. The maximum Gasteiger partial charge on any atom is 0.271 e. The topological polar surface area (TPSA) is 97.2 Å². The summed E-state index contributed by atoms with van der Waals surface area (Å²) in [6, 6.07) is 25.6. The highest BCUT2D eigenvalue weighted by molar-refractivity contribution is 6.99. The number of nitrogens with zero attached hydrogens (tertiary/aromatic N) is 3. The number of rotatable bonds is 13. The van der Waals surface area contributed by atoms with Crippen molar-refractivity contribution in [3.8, 4) is 0 Å². The number of nitro groups is 1. The van der Waals surface area contributed by atoms with Gasteiger partial charge in [-0.2, -0.15) is 0 Å². The molecule has 0 atom stereocenters. The minimum Gasteiger partial charge on any atom is -0.407 e. The summed E-state index contributed by atoms with van der Waals surface area (Å²) in [6.07, 6.45) is 0.768. The third-order valence-corrected chi connectivity index (χ3v) is 13.1. The van der Waals surface area contributed by atoms with Crippen molar-refractivity contribution in [1.29, 1.82) is 0 Å². The van der Waals surface area contributed by atoms with E-state index in [4.69, 9.17) is 9.16 Å². The van der Waals surface area contributed by atoms with Crippen LogP contribution in [0, 0.1) is 10.1 Å². The number of carbonyl (C=O) groups is 1. The van der Waals surface area contributed by atoms with Gasteiger partial charge in [-0.3, -0.25) is 19.8 Å². The number of amides is 1. The first-order chi connectivity index (χ1) is 20.7. The molecule has 0 unspecified atom stereocenters. The summed E-state index contributed by atoms with van der Waals surface area (Å²) in [7, 11) is -0.988. The molecule has 1 aliphatic heterocycles. The molecule has 4 rings (SSSR count). The molecule has 1 aliphatic rings. The predicted octanol–water partition coefficient (Wildman–Crippen LogP) is 4.66. The minimum atomic E-state index is -2.69. The highest BCUT2D eigenvalue weighted by Gasteiger charge is 2.50. The Bertz CT molecular complexity index is 1300. The predicted molar refractivity (Wildman–Crippen MR) is 175 cm³/mol. The molecule has 0 bridgehead atoms. The van der Waals surface area contributed by atoms with Gasteiger partial charge in [0, 0.05) is 65.0 Å². The smallest absolute Gasteiger partial charge is 0.271 e. The highest BCUT2D eigenvalue weighted by Crippen LogP contribution is 2.37. The Morgan fingerprint density at radius 3 is 2.07 bits per heavy atom. The second kappa shape index (κ2) is 14.7. The van der Waals surface area contributed by atoms with E-state index in [0.29, 0.717) is 25.3 Å². The van der Waals surface area contributed by atoms with E-state index in [1.807, 2.05) is 12.1 Å². The van der Waals surface area contributed by atoms with Gasteiger partial charge in [0.05, 0.1) is 22.9 Å². The lowest BCUT2D eigenvalue weighted by Gasteiger charge is -2.43. The molecule has 0 radical (unpaired) electrons. The van der Waals surface area contributed by atoms with Crippen molar-refractivity contribution in [2.75, 3.05) is 63.3 Å². The van der Waals surface area contributed by atoms with Crippen LogP contribution in [0.15, 0.2) is 78.9 Å². The molecule has 43 heavy (non-hydrogen) atoms. The number of hydrogen-bond donors (Lipinski definition) is 1. The summed E-state index contributed by atoms with van der Waals surface area (Å²) < 4.78 is 12.1. The lowest BCUT2D eigenvalue weighted by Crippen LogP contribution is -2.66. The summed E-state index contributed by atoms with van der Waals surface area (Å²) in [5, 5.41) is 16.8. The molecule has 3 aromatic carbocycles. The Hall–Kier alpha value is -3.57. The van der Waals surface area contributed by atoms with E-state index >= 15 is 0 Å². The van der Waals surface area contributed by atoms with Crippen LogP contribution in [0.1, 0.15) is 33.6 Å². The van der Waals surface area contributed by atoms with Gasteiger partial charge in [0.25, 0.3) is 14.0 Å². The van der Waals surface area contributed by atoms with E-state index in [0.717, 1.165) is 38.4 Å². The van der Waals surface area contributed by atoms with E-state index in [-0.39, 0.29) is 23.1 Å². The zero-order valence-corrected chi connectivity index (χ0v) is 26.8.